The standard InChI is InChI=1S/C17H16N2O5/c1-13(20)16-7-2-3-8-17(16)23-9-10-24-18-12-14-5-4-6-15(11-14)19(21)22/h2-8,11-12H,9-10H2,1H3/b18-12+. The molecule has 0 heterocycles. The SMILES string of the molecule is CC(=O)c1ccccc1OCCO/N=C/c1cccc([N+](=O)[O-])c1. The zero-order chi connectivity index (χ0) is 17.4. The monoisotopic (exact) mass is 328 g/mol. The third-order valence-corrected chi connectivity index (χ3v) is 3.06. The number of carbonyl (C=O) groups excluding carboxylic acids is 1. The molecular formula is C17H16N2O5. The number of rotatable bonds is 8. The third kappa shape index (κ3) is 4.91. The van der Waals surface area contributed by atoms with E-state index in [4.69, 9.17) is 9.57 Å². The van der Waals surface area contributed by atoms with E-state index in [1.165, 1.54) is 25.3 Å². The minimum absolute atomic E-state index is 0.0110. The molecule has 0 N–H and O–H groups in total. The molecule has 2 aromatic rings. The van der Waals surface area contributed by atoms with Crippen LogP contribution in [-0.4, -0.2) is 30.1 Å². The van der Waals surface area contributed by atoms with E-state index >= 15 is 0 Å². The Kier molecular flexibility index (Phi) is 6.01. The van der Waals surface area contributed by atoms with Gasteiger partial charge in [0.15, 0.2) is 12.4 Å². The van der Waals surface area contributed by atoms with Gasteiger partial charge in [0, 0.05) is 17.7 Å². The molecule has 7 nitrogen and oxygen atoms in total. The summed E-state index contributed by atoms with van der Waals surface area (Å²) in [5, 5.41) is 14.4. The first-order valence-electron chi connectivity index (χ1n) is 7.20. The molecule has 0 bridgehead atoms. The predicted octanol–water partition coefficient (Wildman–Crippen LogP) is 3.23. The molecule has 0 atom stereocenters. The number of non-ortho nitro benzene ring substituents is 1. The fourth-order valence-electron chi connectivity index (χ4n) is 1.94. The van der Waals surface area contributed by atoms with E-state index in [1.54, 1.807) is 36.4 Å². The molecule has 0 fully saturated rings. The molecule has 0 unspecified atom stereocenters. The Morgan fingerprint density at radius 3 is 2.75 bits per heavy atom. The zero-order valence-electron chi connectivity index (χ0n) is 13.0. The Bertz CT molecular complexity index is 758. The van der Waals surface area contributed by atoms with Crippen LogP contribution >= 0.6 is 0 Å². The highest BCUT2D eigenvalue weighted by Gasteiger charge is 2.07. The van der Waals surface area contributed by atoms with Gasteiger partial charge in [0.1, 0.15) is 12.4 Å². The van der Waals surface area contributed by atoms with E-state index in [1.807, 2.05) is 0 Å². The van der Waals surface area contributed by atoms with Crippen LogP contribution in [0.25, 0.3) is 0 Å². The number of benzene rings is 2. The average molecular weight is 328 g/mol. The summed E-state index contributed by atoms with van der Waals surface area (Å²) in [5.41, 5.74) is 1.06. The normalized spacial score (nSPS) is 10.5. The lowest BCUT2D eigenvalue weighted by Gasteiger charge is -2.08. The maximum atomic E-state index is 11.5. The number of carbonyl (C=O) groups is 1. The van der Waals surface area contributed by atoms with Gasteiger partial charge in [-0.3, -0.25) is 14.9 Å². The molecule has 0 aliphatic carbocycles. The highest BCUT2D eigenvalue weighted by molar-refractivity contribution is 5.96. The lowest BCUT2D eigenvalue weighted by Crippen LogP contribution is -2.07. The molecule has 0 aliphatic rings. The van der Waals surface area contributed by atoms with Gasteiger partial charge in [-0.25, -0.2) is 0 Å². The number of nitro benzene ring substituents is 1. The van der Waals surface area contributed by atoms with Gasteiger partial charge < -0.3 is 9.57 Å². The number of para-hydroxylation sites is 1. The molecule has 24 heavy (non-hydrogen) atoms. The van der Waals surface area contributed by atoms with Crippen molar-refractivity contribution in [1.82, 2.24) is 0 Å². The Morgan fingerprint density at radius 1 is 1.21 bits per heavy atom. The highest BCUT2D eigenvalue weighted by atomic mass is 16.6. The van der Waals surface area contributed by atoms with E-state index < -0.39 is 4.92 Å². The van der Waals surface area contributed by atoms with Crippen molar-refractivity contribution in [2.45, 2.75) is 6.92 Å². The molecule has 0 saturated carbocycles. The molecule has 2 aromatic carbocycles. The van der Waals surface area contributed by atoms with Crippen molar-refractivity contribution in [2.75, 3.05) is 13.2 Å². The molecule has 124 valence electrons. The Balaban J connectivity index is 1.80. The van der Waals surface area contributed by atoms with Crippen LogP contribution in [0.15, 0.2) is 53.7 Å². The van der Waals surface area contributed by atoms with Gasteiger partial charge in [-0.2, -0.15) is 0 Å². The molecule has 0 aliphatic heterocycles. The van der Waals surface area contributed by atoms with Crippen molar-refractivity contribution in [3.05, 3.63) is 69.8 Å². The smallest absolute Gasteiger partial charge is 0.270 e. The number of Topliss-reactive ketones (excluding diaryl/α,β-unsaturated/α-hetero) is 1. The number of nitrogens with zero attached hydrogens (tertiary/aromatic N) is 2. The number of ether oxygens (including phenoxy) is 1. The van der Waals surface area contributed by atoms with Crippen molar-refractivity contribution in [1.29, 1.82) is 0 Å². The maximum absolute atomic E-state index is 11.5. The minimum Gasteiger partial charge on any atom is -0.489 e. The van der Waals surface area contributed by atoms with E-state index in [0.29, 0.717) is 16.9 Å². The van der Waals surface area contributed by atoms with Crippen LogP contribution in [0.1, 0.15) is 22.8 Å². The van der Waals surface area contributed by atoms with E-state index in [9.17, 15) is 14.9 Å². The van der Waals surface area contributed by atoms with Crippen LogP contribution < -0.4 is 4.74 Å². The first kappa shape index (κ1) is 17.1. The molecule has 0 aromatic heterocycles. The second-order valence-corrected chi connectivity index (χ2v) is 4.82. The van der Waals surface area contributed by atoms with Gasteiger partial charge in [-0.05, 0) is 19.1 Å². The van der Waals surface area contributed by atoms with Gasteiger partial charge in [0.2, 0.25) is 0 Å². The van der Waals surface area contributed by atoms with Crippen LogP contribution in [0, 0.1) is 10.1 Å². The van der Waals surface area contributed by atoms with E-state index in [2.05, 4.69) is 5.16 Å². The first-order chi connectivity index (χ1) is 11.6. The number of nitro groups is 1. The van der Waals surface area contributed by atoms with Crippen molar-refractivity contribution in [2.24, 2.45) is 5.16 Å². The molecule has 0 radical (unpaired) electrons. The topological polar surface area (TPSA) is 91.0 Å². The molecule has 0 saturated heterocycles. The van der Waals surface area contributed by atoms with Gasteiger partial charge in [0.05, 0.1) is 16.7 Å². The second-order valence-electron chi connectivity index (χ2n) is 4.82. The summed E-state index contributed by atoms with van der Waals surface area (Å²) in [6.45, 7) is 1.87. The lowest BCUT2D eigenvalue weighted by atomic mass is 10.1. The highest BCUT2D eigenvalue weighted by Crippen LogP contribution is 2.18. The van der Waals surface area contributed by atoms with Crippen LogP contribution in [0.2, 0.25) is 0 Å². The molecule has 0 amide bonds. The first-order valence-corrected chi connectivity index (χ1v) is 7.20. The van der Waals surface area contributed by atoms with Crippen LogP contribution in [0.3, 0.4) is 0 Å². The van der Waals surface area contributed by atoms with Gasteiger partial charge >= 0.3 is 0 Å². The number of hydrogen-bond acceptors (Lipinski definition) is 6. The van der Waals surface area contributed by atoms with Gasteiger partial charge in [0.25, 0.3) is 5.69 Å². The van der Waals surface area contributed by atoms with Gasteiger partial charge in [-0.15, -0.1) is 0 Å². The fraction of sp³-hybridized carbons (Fsp3) is 0.176. The summed E-state index contributed by atoms with van der Waals surface area (Å²) < 4.78 is 5.49. The maximum Gasteiger partial charge on any atom is 0.270 e. The largest absolute Gasteiger partial charge is 0.489 e. The number of ketones is 1. The third-order valence-electron chi connectivity index (χ3n) is 3.06. The Hall–Kier alpha value is -3.22. The minimum atomic E-state index is -0.474. The molecule has 0 spiro atoms. The van der Waals surface area contributed by atoms with Crippen LogP contribution in [-0.2, 0) is 4.84 Å². The Morgan fingerprint density at radius 2 is 2.00 bits per heavy atom. The van der Waals surface area contributed by atoms with E-state index in [-0.39, 0.29) is 24.7 Å². The summed E-state index contributed by atoms with van der Waals surface area (Å²) in [7, 11) is 0. The summed E-state index contributed by atoms with van der Waals surface area (Å²) in [6.07, 6.45) is 1.39. The second kappa shape index (κ2) is 8.42. The Labute approximate surface area is 138 Å². The summed E-state index contributed by atoms with van der Waals surface area (Å²) in [5.74, 6) is 0.423. The van der Waals surface area contributed by atoms with Gasteiger partial charge in [-0.1, -0.05) is 29.4 Å². The number of hydrogen-bond donors (Lipinski definition) is 0. The quantitative estimate of drug-likeness (QED) is 0.244. The predicted molar refractivity (Wildman–Crippen MR) is 88.6 cm³/mol. The lowest BCUT2D eigenvalue weighted by molar-refractivity contribution is -0.384. The summed E-state index contributed by atoms with van der Waals surface area (Å²) in [6, 6.07) is 13.0. The van der Waals surface area contributed by atoms with Crippen LogP contribution in [0.5, 0.6) is 5.75 Å². The number of oxime groups is 1. The molecular weight excluding hydrogens is 312 g/mol. The summed E-state index contributed by atoms with van der Waals surface area (Å²) in [4.78, 5) is 26.7. The molecule has 2 rings (SSSR count). The zero-order valence-corrected chi connectivity index (χ0v) is 13.0. The van der Waals surface area contributed by atoms with E-state index in [0.717, 1.165) is 0 Å². The van der Waals surface area contributed by atoms with Crippen molar-refractivity contribution in [3.8, 4) is 5.75 Å². The average Bonchev–Trinajstić information content (AvgIpc) is 2.58. The van der Waals surface area contributed by atoms with Crippen molar-refractivity contribution in [3.63, 3.8) is 0 Å². The summed E-state index contributed by atoms with van der Waals surface area (Å²) >= 11 is 0. The van der Waals surface area contributed by atoms with Crippen LogP contribution in [0.4, 0.5) is 5.69 Å². The van der Waals surface area contributed by atoms with Crippen molar-refractivity contribution < 1.29 is 19.3 Å². The molecule has 7 heteroatoms. The van der Waals surface area contributed by atoms with Crippen molar-refractivity contribution >= 4 is 17.7 Å². The fourth-order valence-corrected chi connectivity index (χ4v) is 1.94.